The van der Waals surface area contributed by atoms with Crippen LogP contribution in [-0.2, 0) is 0 Å². The van der Waals surface area contributed by atoms with Gasteiger partial charge in [0.1, 0.15) is 5.82 Å². The van der Waals surface area contributed by atoms with Crippen LogP contribution in [0.1, 0.15) is 34.6 Å². The number of carbonyl (C=O) groups is 1. The van der Waals surface area contributed by atoms with Crippen LogP contribution >= 0.6 is 15.9 Å². The SMILES string of the molecule is Cc1c(C(C)NC(=O)c2ccc(-n3cc(Br)cn3)cc2)cnn1-c1ccc(F)cc1. The molecule has 152 valence electrons. The Labute approximate surface area is 181 Å². The summed E-state index contributed by atoms with van der Waals surface area (Å²) in [7, 11) is 0. The predicted molar refractivity (Wildman–Crippen MR) is 115 cm³/mol. The molecule has 0 aliphatic heterocycles. The van der Waals surface area contributed by atoms with Crippen molar-refractivity contribution in [2.45, 2.75) is 19.9 Å². The van der Waals surface area contributed by atoms with Crippen LogP contribution < -0.4 is 5.32 Å². The highest BCUT2D eigenvalue weighted by Crippen LogP contribution is 2.21. The highest BCUT2D eigenvalue weighted by Gasteiger charge is 2.17. The summed E-state index contributed by atoms with van der Waals surface area (Å²) in [6, 6.07) is 13.1. The molecule has 0 bridgehead atoms. The first-order valence-electron chi connectivity index (χ1n) is 9.34. The van der Waals surface area contributed by atoms with Gasteiger partial charge in [0.05, 0.1) is 34.3 Å². The summed E-state index contributed by atoms with van der Waals surface area (Å²) in [5.41, 5.74) is 3.96. The second-order valence-electron chi connectivity index (χ2n) is 6.92. The Balaban J connectivity index is 1.48. The molecule has 1 unspecified atom stereocenters. The Morgan fingerprint density at radius 3 is 2.33 bits per heavy atom. The first-order chi connectivity index (χ1) is 14.4. The van der Waals surface area contributed by atoms with Crippen molar-refractivity contribution in [2.24, 2.45) is 0 Å². The third-order valence-corrected chi connectivity index (χ3v) is 5.29. The first-order valence-corrected chi connectivity index (χ1v) is 10.1. The molecule has 2 heterocycles. The minimum atomic E-state index is -0.296. The summed E-state index contributed by atoms with van der Waals surface area (Å²) in [5, 5.41) is 11.6. The molecule has 1 amide bonds. The van der Waals surface area contributed by atoms with Crippen molar-refractivity contribution in [3.8, 4) is 11.4 Å². The maximum Gasteiger partial charge on any atom is 0.251 e. The summed E-state index contributed by atoms with van der Waals surface area (Å²) >= 11 is 3.37. The lowest BCUT2D eigenvalue weighted by Crippen LogP contribution is -2.27. The second kappa shape index (κ2) is 8.23. The lowest BCUT2D eigenvalue weighted by atomic mass is 10.1. The van der Waals surface area contributed by atoms with Crippen LogP contribution in [0.5, 0.6) is 0 Å². The fourth-order valence-corrected chi connectivity index (χ4v) is 3.54. The van der Waals surface area contributed by atoms with Crippen LogP contribution in [0.25, 0.3) is 11.4 Å². The van der Waals surface area contributed by atoms with Crippen molar-refractivity contribution in [1.29, 1.82) is 0 Å². The molecule has 8 heteroatoms. The zero-order valence-corrected chi connectivity index (χ0v) is 18.0. The molecule has 2 aromatic carbocycles. The molecule has 1 atom stereocenters. The molecule has 0 spiro atoms. The van der Waals surface area contributed by atoms with Gasteiger partial charge in [0, 0.05) is 23.0 Å². The van der Waals surface area contributed by atoms with E-state index in [1.807, 2.05) is 32.2 Å². The van der Waals surface area contributed by atoms with E-state index in [0.29, 0.717) is 5.56 Å². The molecule has 0 fully saturated rings. The van der Waals surface area contributed by atoms with E-state index in [2.05, 4.69) is 31.4 Å². The quantitative estimate of drug-likeness (QED) is 0.460. The lowest BCUT2D eigenvalue weighted by Gasteiger charge is -2.14. The van der Waals surface area contributed by atoms with Gasteiger partial charge in [-0.25, -0.2) is 13.8 Å². The molecule has 4 aromatic rings. The molecule has 30 heavy (non-hydrogen) atoms. The average Bonchev–Trinajstić information content (AvgIpc) is 3.34. The summed E-state index contributed by atoms with van der Waals surface area (Å²) in [6.07, 6.45) is 5.28. The predicted octanol–water partition coefficient (Wildman–Crippen LogP) is 4.76. The Morgan fingerprint density at radius 1 is 1.03 bits per heavy atom. The Morgan fingerprint density at radius 2 is 1.70 bits per heavy atom. The van der Waals surface area contributed by atoms with Gasteiger partial charge in [-0.1, -0.05) is 0 Å². The van der Waals surface area contributed by atoms with Crippen molar-refractivity contribution in [3.63, 3.8) is 0 Å². The zero-order chi connectivity index (χ0) is 21.3. The molecule has 2 aromatic heterocycles. The van der Waals surface area contributed by atoms with Gasteiger partial charge in [-0.3, -0.25) is 4.79 Å². The van der Waals surface area contributed by atoms with Crippen LogP contribution in [0.2, 0.25) is 0 Å². The Kier molecular flexibility index (Phi) is 5.50. The van der Waals surface area contributed by atoms with E-state index in [9.17, 15) is 9.18 Å². The van der Waals surface area contributed by atoms with Crippen molar-refractivity contribution < 1.29 is 9.18 Å². The maximum absolute atomic E-state index is 13.2. The number of hydrogen-bond donors (Lipinski definition) is 1. The zero-order valence-electron chi connectivity index (χ0n) is 16.4. The van der Waals surface area contributed by atoms with Gasteiger partial charge >= 0.3 is 0 Å². The van der Waals surface area contributed by atoms with E-state index in [-0.39, 0.29) is 17.8 Å². The Bertz CT molecular complexity index is 1180. The van der Waals surface area contributed by atoms with Gasteiger partial charge < -0.3 is 5.32 Å². The molecular weight excluding hydrogens is 449 g/mol. The number of aromatic nitrogens is 4. The normalized spacial score (nSPS) is 12.0. The van der Waals surface area contributed by atoms with E-state index in [4.69, 9.17) is 0 Å². The first kappa shape index (κ1) is 20.0. The standard InChI is InChI=1S/C22H19BrFN5O/c1-14(21-12-26-29(15(21)2)20-9-5-18(24)6-10-20)27-22(30)16-3-7-19(8-4-16)28-13-17(23)11-25-28/h3-14H,1-2H3,(H,27,30). The van der Waals surface area contributed by atoms with Crippen LogP contribution in [0.3, 0.4) is 0 Å². The summed E-state index contributed by atoms with van der Waals surface area (Å²) < 4.78 is 17.5. The van der Waals surface area contributed by atoms with Crippen molar-refractivity contribution in [2.75, 3.05) is 0 Å². The summed E-state index contributed by atoms with van der Waals surface area (Å²) in [6.45, 7) is 3.83. The number of carbonyl (C=O) groups excluding carboxylic acids is 1. The van der Waals surface area contributed by atoms with E-state index in [1.165, 1.54) is 12.1 Å². The van der Waals surface area contributed by atoms with Crippen LogP contribution in [0.4, 0.5) is 4.39 Å². The van der Waals surface area contributed by atoms with E-state index < -0.39 is 0 Å². The fraction of sp³-hybridized carbons (Fsp3) is 0.136. The molecule has 6 nitrogen and oxygen atoms in total. The Hall–Kier alpha value is -3.26. The van der Waals surface area contributed by atoms with Crippen molar-refractivity contribution in [3.05, 3.63) is 94.2 Å². The van der Waals surface area contributed by atoms with Crippen molar-refractivity contribution in [1.82, 2.24) is 24.9 Å². The minimum absolute atomic E-state index is 0.176. The third-order valence-electron chi connectivity index (χ3n) is 4.88. The number of nitrogens with zero attached hydrogens (tertiary/aromatic N) is 4. The van der Waals surface area contributed by atoms with Crippen LogP contribution in [0, 0.1) is 12.7 Å². The lowest BCUT2D eigenvalue weighted by molar-refractivity contribution is 0.0940. The van der Waals surface area contributed by atoms with Crippen LogP contribution in [-0.4, -0.2) is 25.5 Å². The number of benzene rings is 2. The monoisotopic (exact) mass is 467 g/mol. The molecule has 4 rings (SSSR count). The smallest absolute Gasteiger partial charge is 0.251 e. The minimum Gasteiger partial charge on any atom is -0.345 e. The van der Waals surface area contributed by atoms with Gasteiger partial charge in [-0.15, -0.1) is 0 Å². The number of hydrogen-bond acceptors (Lipinski definition) is 3. The van der Waals surface area contributed by atoms with Gasteiger partial charge in [-0.05, 0) is 78.3 Å². The van der Waals surface area contributed by atoms with Crippen LogP contribution in [0.15, 0.2) is 71.6 Å². The number of amides is 1. The highest BCUT2D eigenvalue weighted by molar-refractivity contribution is 9.10. The third kappa shape index (κ3) is 4.04. The largest absolute Gasteiger partial charge is 0.345 e. The van der Waals surface area contributed by atoms with Gasteiger partial charge in [0.15, 0.2) is 0 Å². The van der Waals surface area contributed by atoms with Gasteiger partial charge in [0.2, 0.25) is 0 Å². The maximum atomic E-state index is 13.2. The average molecular weight is 468 g/mol. The van der Waals surface area contributed by atoms with Crippen molar-refractivity contribution >= 4 is 21.8 Å². The molecule has 0 aliphatic rings. The highest BCUT2D eigenvalue weighted by atomic mass is 79.9. The second-order valence-corrected chi connectivity index (χ2v) is 7.83. The molecule has 0 aliphatic carbocycles. The number of rotatable bonds is 5. The summed E-state index contributed by atoms with van der Waals surface area (Å²) in [5.74, 6) is -0.472. The molecule has 0 saturated carbocycles. The fourth-order valence-electron chi connectivity index (χ4n) is 3.26. The number of halogens is 2. The number of nitrogens with one attached hydrogen (secondary N) is 1. The summed E-state index contributed by atoms with van der Waals surface area (Å²) in [4.78, 5) is 12.7. The molecule has 0 saturated heterocycles. The van der Waals surface area contributed by atoms with Gasteiger partial charge in [0.25, 0.3) is 5.91 Å². The molecule has 1 N–H and O–H groups in total. The van der Waals surface area contributed by atoms with Gasteiger partial charge in [-0.2, -0.15) is 10.2 Å². The molecular formula is C22H19BrFN5O. The molecule has 0 radical (unpaired) electrons. The topological polar surface area (TPSA) is 64.7 Å². The van der Waals surface area contributed by atoms with E-state index in [0.717, 1.165) is 27.1 Å². The van der Waals surface area contributed by atoms with E-state index >= 15 is 0 Å². The van der Waals surface area contributed by atoms with E-state index in [1.54, 1.807) is 46.0 Å².